The molecule has 23 heavy (non-hydrogen) atoms. The normalized spacial score (nSPS) is 15.9. The van der Waals surface area contributed by atoms with Crippen molar-refractivity contribution in [1.82, 2.24) is 19.6 Å². The third-order valence-electron chi connectivity index (χ3n) is 4.24. The Morgan fingerprint density at radius 3 is 2.61 bits per heavy atom. The zero-order valence-corrected chi connectivity index (χ0v) is 14.3. The van der Waals surface area contributed by atoms with Crippen LogP contribution in [0.3, 0.4) is 0 Å². The van der Waals surface area contributed by atoms with E-state index in [9.17, 15) is 4.79 Å². The molecule has 0 radical (unpaired) electrons. The summed E-state index contributed by atoms with van der Waals surface area (Å²) in [7, 11) is 1.74. The van der Waals surface area contributed by atoms with Crippen LogP contribution < -0.4 is 0 Å². The van der Waals surface area contributed by atoms with Crippen molar-refractivity contribution >= 4 is 17.5 Å². The van der Waals surface area contributed by atoms with Crippen LogP contribution in [0.2, 0.25) is 5.02 Å². The molecule has 1 aromatic heterocycles. The first-order chi connectivity index (χ1) is 11.0. The molecule has 0 N–H and O–H groups in total. The molecule has 1 aliphatic rings. The molecule has 0 aliphatic carbocycles. The summed E-state index contributed by atoms with van der Waals surface area (Å²) in [5, 5.41) is 4.45. The first kappa shape index (κ1) is 16.0. The molecule has 1 aromatic carbocycles. The van der Waals surface area contributed by atoms with Crippen LogP contribution in [0.25, 0.3) is 0 Å². The van der Waals surface area contributed by atoms with Crippen LogP contribution in [0.5, 0.6) is 0 Å². The SMILES string of the molecule is Cc1cccc(CN2CCN(C(=O)c3c(Cl)cnn3C)CC2)c1. The zero-order chi connectivity index (χ0) is 16.4. The standard InChI is InChI=1S/C17H21ClN4O/c1-13-4-3-5-14(10-13)12-21-6-8-22(9-7-21)17(23)16-15(18)11-19-20(16)2/h3-5,10-11H,6-9,12H2,1-2H3. The number of carbonyl (C=O) groups excluding carboxylic acids is 1. The fourth-order valence-corrected chi connectivity index (χ4v) is 3.23. The predicted molar refractivity (Wildman–Crippen MR) is 90.6 cm³/mol. The van der Waals surface area contributed by atoms with Crippen LogP contribution in [-0.4, -0.2) is 51.7 Å². The van der Waals surface area contributed by atoms with Gasteiger partial charge in [-0.1, -0.05) is 41.4 Å². The van der Waals surface area contributed by atoms with E-state index in [2.05, 4.69) is 41.2 Å². The number of carbonyl (C=O) groups is 1. The minimum Gasteiger partial charge on any atom is -0.335 e. The second-order valence-electron chi connectivity index (χ2n) is 6.02. The van der Waals surface area contributed by atoms with Gasteiger partial charge in [-0.05, 0) is 12.5 Å². The molecule has 1 fully saturated rings. The Kier molecular flexibility index (Phi) is 4.68. The Morgan fingerprint density at radius 2 is 2.00 bits per heavy atom. The smallest absolute Gasteiger partial charge is 0.273 e. The van der Waals surface area contributed by atoms with Gasteiger partial charge in [0.1, 0.15) is 5.69 Å². The van der Waals surface area contributed by atoms with E-state index >= 15 is 0 Å². The highest BCUT2D eigenvalue weighted by Gasteiger charge is 2.25. The van der Waals surface area contributed by atoms with Crippen molar-refractivity contribution in [3.05, 3.63) is 52.3 Å². The van der Waals surface area contributed by atoms with Crippen molar-refractivity contribution in [3.63, 3.8) is 0 Å². The maximum absolute atomic E-state index is 12.6. The number of halogens is 1. The number of benzene rings is 1. The number of amides is 1. The minimum absolute atomic E-state index is 0.0368. The number of aromatic nitrogens is 2. The molecule has 1 saturated heterocycles. The van der Waals surface area contributed by atoms with E-state index in [4.69, 9.17) is 11.6 Å². The Bertz CT molecular complexity index is 685. The van der Waals surface area contributed by atoms with Crippen molar-refractivity contribution in [2.24, 2.45) is 7.05 Å². The molecule has 122 valence electrons. The van der Waals surface area contributed by atoms with Crippen LogP contribution in [0.1, 0.15) is 21.6 Å². The number of aryl methyl sites for hydroxylation is 2. The first-order valence-corrected chi connectivity index (χ1v) is 8.17. The number of rotatable bonds is 3. The van der Waals surface area contributed by atoms with Gasteiger partial charge in [-0.2, -0.15) is 5.10 Å². The fourth-order valence-electron chi connectivity index (χ4n) is 2.98. The van der Waals surface area contributed by atoms with E-state index in [1.807, 2.05) is 4.90 Å². The lowest BCUT2D eigenvalue weighted by molar-refractivity contribution is 0.0618. The lowest BCUT2D eigenvalue weighted by Gasteiger charge is -2.34. The molecule has 5 nitrogen and oxygen atoms in total. The summed E-state index contributed by atoms with van der Waals surface area (Å²) in [5.41, 5.74) is 3.07. The molecule has 0 spiro atoms. The van der Waals surface area contributed by atoms with Crippen LogP contribution >= 0.6 is 11.6 Å². The quantitative estimate of drug-likeness (QED) is 0.866. The average molecular weight is 333 g/mol. The molecule has 2 aromatic rings. The molecule has 0 bridgehead atoms. The molecule has 2 heterocycles. The highest BCUT2D eigenvalue weighted by atomic mass is 35.5. The monoisotopic (exact) mass is 332 g/mol. The topological polar surface area (TPSA) is 41.4 Å². The maximum Gasteiger partial charge on any atom is 0.273 e. The molecule has 0 unspecified atom stereocenters. The number of hydrogen-bond acceptors (Lipinski definition) is 3. The van der Waals surface area contributed by atoms with Gasteiger partial charge in [0.25, 0.3) is 5.91 Å². The van der Waals surface area contributed by atoms with Crippen molar-refractivity contribution < 1.29 is 4.79 Å². The predicted octanol–water partition coefficient (Wildman–Crippen LogP) is 2.34. The average Bonchev–Trinajstić information content (AvgIpc) is 2.86. The molecule has 1 aliphatic heterocycles. The van der Waals surface area contributed by atoms with E-state index in [-0.39, 0.29) is 5.91 Å². The molecule has 3 rings (SSSR count). The third-order valence-corrected chi connectivity index (χ3v) is 4.52. The molecular weight excluding hydrogens is 312 g/mol. The van der Waals surface area contributed by atoms with E-state index in [1.54, 1.807) is 11.7 Å². The second kappa shape index (κ2) is 6.72. The van der Waals surface area contributed by atoms with Gasteiger partial charge in [-0.15, -0.1) is 0 Å². The fraction of sp³-hybridized carbons (Fsp3) is 0.412. The molecule has 6 heteroatoms. The first-order valence-electron chi connectivity index (χ1n) is 7.79. The van der Waals surface area contributed by atoms with Gasteiger partial charge in [0.05, 0.1) is 11.2 Å². The maximum atomic E-state index is 12.6. The number of piperazine rings is 1. The van der Waals surface area contributed by atoms with Crippen molar-refractivity contribution in [3.8, 4) is 0 Å². The summed E-state index contributed by atoms with van der Waals surface area (Å²) < 4.78 is 1.55. The Labute approximate surface area is 141 Å². The third kappa shape index (κ3) is 3.57. The summed E-state index contributed by atoms with van der Waals surface area (Å²) in [5.74, 6) is -0.0368. The van der Waals surface area contributed by atoms with Gasteiger partial charge in [0.2, 0.25) is 0 Å². The Balaban J connectivity index is 1.59. The van der Waals surface area contributed by atoms with E-state index in [1.165, 1.54) is 17.3 Å². The van der Waals surface area contributed by atoms with E-state index < -0.39 is 0 Å². The van der Waals surface area contributed by atoms with Gasteiger partial charge >= 0.3 is 0 Å². The molecular formula is C17H21ClN4O. The lowest BCUT2D eigenvalue weighted by atomic mass is 10.1. The van der Waals surface area contributed by atoms with Crippen LogP contribution in [0.15, 0.2) is 30.5 Å². The summed E-state index contributed by atoms with van der Waals surface area (Å²) in [6, 6.07) is 8.57. The van der Waals surface area contributed by atoms with E-state index in [0.29, 0.717) is 23.8 Å². The lowest BCUT2D eigenvalue weighted by Crippen LogP contribution is -2.48. The zero-order valence-electron chi connectivity index (χ0n) is 13.5. The summed E-state index contributed by atoms with van der Waals surface area (Å²) >= 11 is 6.07. The van der Waals surface area contributed by atoms with Crippen LogP contribution in [0, 0.1) is 6.92 Å². The minimum atomic E-state index is -0.0368. The van der Waals surface area contributed by atoms with Crippen LogP contribution in [-0.2, 0) is 13.6 Å². The van der Waals surface area contributed by atoms with Crippen molar-refractivity contribution in [2.75, 3.05) is 26.2 Å². The highest BCUT2D eigenvalue weighted by molar-refractivity contribution is 6.33. The number of hydrogen-bond donors (Lipinski definition) is 0. The number of nitrogens with zero attached hydrogens (tertiary/aromatic N) is 4. The van der Waals surface area contributed by atoms with Crippen LogP contribution in [0.4, 0.5) is 0 Å². The Hall–Kier alpha value is -1.85. The second-order valence-corrected chi connectivity index (χ2v) is 6.43. The molecule has 0 saturated carbocycles. The van der Waals surface area contributed by atoms with Gasteiger partial charge < -0.3 is 4.90 Å². The van der Waals surface area contributed by atoms with Gasteiger partial charge in [0, 0.05) is 39.8 Å². The van der Waals surface area contributed by atoms with Gasteiger partial charge in [-0.25, -0.2) is 0 Å². The van der Waals surface area contributed by atoms with Gasteiger partial charge in [-0.3, -0.25) is 14.4 Å². The Morgan fingerprint density at radius 1 is 1.26 bits per heavy atom. The van der Waals surface area contributed by atoms with E-state index in [0.717, 1.165) is 19.6 Å². The van der Waals surface area contributed by atoms with Gasteiger partial charge in [0.15, 0.2) is 0 Å². The molecule has 0 atom stereocenters. The highest BCUT2D eigenvalue weighted by Crippen LogP contribution is 2.18. The summed E-state index contributed by atoms with van der Waals surface area (Å²) in [6.45, 7) is 6.20. The molecule has 1 amide bonds. The van der Waals surface area contributed by atoms with Crippen molar-refractivity contribution in [2.45, 2.75) is 13.5 Å². The summed E-state index contributed by atoms with van der Waals surface area (Å²) in [6.07, 6.45) is 1.52. The van der Waals surface area contributed by atoms with Crippen molar-refractivity contribution in [1.29, 1.82) is 0 Å². The largest absolute Gasteiger partial charge is 0.335 e. The summed E-state index contributed by atoms with van der Waals surface area (Å²) in [4.78, 5) is 16.8.